The van der Waals surface area contributed by atoms with E-state index in [2.05, 4.69) is 0 Å². The van der Waals surface area contributed by atoms with E-state index >= 15 is 0 Å². The summed E-state index contributed by atoms with van der Waals surface area (Å²) in [5, 5.41) is 0. The molecule has 31 heavy (non-hydrogen) atoms. The van der Waals surface area contributed by atoms with Crippen molar-refractivity contribution in [1.29, 1.82) is 0 Å². The highest BCUT2D eigenvalue weighted by molar-refractivity contribution is 5.78. The number of rotatable bonds is 10. The lowest BCUT2D eigenvalue weighted by atomic mass is 9.90. The van der Waals surface area contributed by atoms with E-state index < -0.39 is 0 Å². The van der Waals surface area contributed by atoms with Crippen LogP contribution in [0.3, 0.4) is 0 Å². The van der Waals surface area contributed by atoms with Gasteiger partial charge in [0.05, 0.1) is 28.4 Å². The first-order chi connectivity index (χ1) is 15.1. The van der Waals surface area contributed by atoms with Crippen molar-refractivity contribution in [1.82, 2.24) is 4.90 Å². The zero-order valence-corrected chi connectivity index (χ0v) is 18.8. The van der Waals surface area contributed by atoms with Crippen molar-refractivity contribution in [2.75, 3.05) is 41.6 Å². The van der Waals surface area contributed by atoms with Crippen molar-refractivity contribution < 1.29 is 28.5 Å². The van der Waals surface area contributed by atoms with E-state index in [1.165, 1.54) is 0 Å². The molecule has 3 rings (SSSR count). The van der Waals surface area contributed by atoms with Crippen LogP contribution >= 0.6 is 0 Å². The minimum Gasteiger partial charge on any atom is -0.493 e. The molecule has 1 unspecified atom stereocenters. The second kappa shape index (κ2) is 10.4. The molecule has 0 saturated carbocycles. The van der Waals surface area contributed by atoms with E-state index in [1.807, 2.05) is 48.2 Å². The molecule has 0 bridgehead atoms. The molecule has 2 aromatic rings. The number of carbonyl (C=O) groups excluding carboxylic acids is 1. The second-order valence-electron chi connectivity index (χ2n) is 7.28. The molecular weight excluding hydrogens is 398 g/mol. The topological polar surface area (TPSA) is 66.5 Å². The Morgan fingerprint density at radius 1 is 0.871 bits per heavy atom. The molecule has 0 radical (unpaired) electrons. The lowest BCUT2D eigenvalue weighted by molar-refractivity contribution is -0.136. The maximum atomic E-state index is 12.7. The quantitative estimate of drug-likeness (QED) is 0.572. The van der Waals surface area contributed by atoms with Crippen LogP contribution in [0.5, 0.6) is 23.0 Å². The smallest absolute Gasteiger partial charge is 0.224 e. The second-order valence-corrected chi connectivity index (χ2v) is 7.28. The maximum absolute atomic E-state index is 12.7. The number of methoxy groups -OCH3 is 4. The Bertz CT molecular complexity index is 844. The van der Waals surface area contributed by atoms with Gasteiger partial charge in [-0.25, -0.2) is 0 Å². The minimum atomic E-state index is -0.208. The highest BCUT2D eigenvalue weighted by Gasteiger charge is 2.34. The van der Waals surface area contributed by atoms with E-state index in [0.29, 0.717) is 49.0 Å². The van der Waals surface area contributed by atoms with Gasteiger partial charge in [-0.05, 0) is 42.3 Å². The number of likely N-dealkylation sites (tertiary alicyclic amines) is 1. The van der Waals surface area contributed by atoms with Crippen molar-refractivity contribution in [3.8, 4) is 23.0 Å². The Labute approximate surface area is 183 Å². The van der Waals surface area contributed by atoms with Crippen LogP contribution < -0.4 is 18.9 Å². The number of amides is 1. The third-order valence-corrected chi connectivity index (χ3v) is 5.63. The number of hydrogen-bond donors (Lipinski definition) is 0. The Balaban J connectivity index is 2.05. The zero-order chi connectivity index (χ0) is 22.4. The van der Waals surface area contributed by atoms with Crippen molar-refractivity contribution in [2.45, 2.75) is 31.9 Å². The molecule has 0 aliphatic carbocycles. The predicted octanol–water partition coefficient (Wildman–Crippen LogP) is 3.84. The van der Waals surface area contributed by atoms with Crippen LogP contribution in [0.25, 0.3) is 0 Å². The summed E-state index contributed by atoms with van der Waals surface area (Å²) in [5.74, 6) is 2.57. The van der Waals surface area contributed by atoms with Crippen LogP contribution in [0, 0.1) is 0 Å². The largest absolute Gasteiger partial charge is 0.493 e. The highest BCUT2D eigenvalue weighted by Crippen LogP contribution is 2.38. The summed E-state index contributed by atoms with van der Waals surface area (Å²) >= 11 is 0. The lowest BCUT2D eigenvalue weighted by Crippen LogP contribution is -2.38. The van der Waals surface area contributed by atoms with Gasteiger partial charge >= 0.3 is 0 Å². The fourth-order valence-electron chi connectivity index (χ4n) is 4.03. The fraction of sp³-hybridized carbons (Fsp3) is 0.458. The maximum Gasteiger partial charge on any atom is 0.224 e. The van der Waals surface area contributed by atoms with Crippen LogP contribution in [0.1, 0.15) is 36.8 Å². The molecule has 0 N–H and O–H groups in total. The summed E-state index contributed by atoms with van der Waals surface area (Å²) in [6.45, 7) is 2.99. The van der Waals surface area contributed by atoms with Gasteiger partial charge in [0.2, 0.25) is 5.91 Å². The molecule has 0 spiro atoms. The first-order valence-electron chi connectivity index (χ1n) is 10.4. The number of hydrogen-bond acceptors (Lipinski definition) is 6. The van der Waals surface area contributed by atoms with Crippen molar-refractivity contribution >= 4 is 5.91 Å². The summed E-state index contributed by atoms with van der Waals surface area (Å²) in [4.78, 5) is 14.5. The van der Waals surface area contributed by atoms with E-state index in [0.717, 1.165) is 11.1 Å². The molecule has 1 fully saturated rings. The normalized spacial score (nSPS) is 16.0. The zero-order valence-electron chi connectivity index (χ0n) is 18.8. The molecule has 1 aliphatic heterocycles. The molecule has 1 aliphatic rings. The number of ether oxygens (including phenoxy) is 5. The van der Waals surface area contributed by atoms with Gasteiger partial charge in [0.15, 0.2) is 23.0 Å². The first kappa shape index (κ1) is 22.7. The molecule has 1 heterocycles. The Morgan fingerprint density at radius 2 is 1.39 bits per heavy atom. The minimum absolute atomic E-state index is 0.101. The Morgan fingerprint density at radius 3 is 1.84 bits per heavy atom. The van der Waals surface area contributed by atoms with Gasteiger partial charge in [-0.15, -0.1) is 0 Å². The Hall–Kier alpha value is -2.93. The summed E-state index contributed by atoms with van der Waals surface area (Å²) < 4.78 is 27.7. The van der Waals surface area contributed by atoms with Crippen LogP contribution in [0.4, 0.5) is 0 Å². The van der Waals surface area contributed by atoms with Gasteiger partial charge in [0.1, 0.15) is 6.23 Å². The van der Waals surface area contributed by atoms with Crippen molar-refractivity contribution in [3.05, 3.63) is 47.5 Å². The summed E-state index contributed by atoms with van der Waals surface area (Å²) in [6.07, 6.45) is 0.993. The van der Waals surface area contributed by atoms with Gasteiger partial charge in [-0.2, -0.15) is 0 Å². The average molecular weight is 430 g/mol. The van der Waals surface area contributed by atoms with Crippen molar-refractivity contribution in [3.63, 3.8) is 0 Å². The summed E-state index contributed by atoms with van der Waals surface area (Å²) in [6, 6.07) is 11.7. The fourth-order valence-corrected chi connectivity index (χ4v) is 4.03. The highest BCUT2D eigenvalue weighted by atomic mass is 16.5. The number of benzene rings is 2. The van der Waals surface area contributed by atoms with Crippen LogP contribution in [0.15, 0.2) is 36.4 Å². The van der Waals surface area contributed by atoms with E-state index in [1.54, 1.807) is 28.4 Å². The van der Waals surface area contributed by atoms with E-state index in [-0.39, 0.29) is 18.1 Å². The molecule has 2 aromatic carbocycles. The average Bonchev–Trinajstić information content (AvgIpc) is 3.15. The van der Waals surface area contributed by atoms with Crippen molar-refractivity contribution in [2.24, 2.45) is 0 Å². The third-order valence-electron chi connectivity index (χ3n) is 5.63. The van der Waals surface area contributed by atoms with Crippen LogP contribution in [0.2, 0.25) is 0 Å². The number of nitrogens with zero attached hydrogens (tertiary/aromatic N) is 1. The van der Waals surface area contributed by atoms with E-state index in [4.69, 9.17) is 23.7 Å². The van der Waals surface area contributed by atoms with Gasteiger partial charge in [0.25, 0.3) is 0 Å². The standard InChI is InChI=1S/C24H31NO6/c1-6-31-24-12-11-23(26)25(24)15-18(16-7-9-19(27-2)21(13-16)29-4)17-8-10-20(28-3)22(14-17)30-5/h7-10,13-14,18,24H,6,11-12,15H2,1-5H3. The third kappa shape index (κ3) is 4.88. The predicted molar refractivity (Wildman–Crippen MR) is 117 cm³/mol. The van der Waals surface area contributed by atoms with E-state index in [9.17, 15) is 4.79 Å². The molecule has 1 saturated heterocycles. The van der Waals surface area contributed by atoms with Gasteiger partial charge in [-0.1, -0.05) is 12.1 Å². The summed E-state index contributed by atoms with van der Waals surface area (Å²) in [7, 11) is 6.45. The van der Waals surface area contributed by atoms with Gasteiger partial charge in [-0.3, -0.25) is 4.79 Å². The molecule has 7 heteroatoms. The Kier molecular flexibility index (Phi) is 7.63. The first-order valence-corrected chi connectivity index (χ1v) is 10.4. The monoisotopic (exact) mass is 429 g/mol. The molecule has 168 valence electrons. The lowest BCUT2D eigenvalue weighted by Gasteiger charge is -2.30. The van der Waals surface area contributed by atoms with Crippen LogP contribution in [-0.4, -0.2) is 58.6 Å². The van der Waals surface area contributed by atoms with Gasteiger partial charge in [0, 0.05) is 31.9 Å². The molecule has 1 atom stereocenters. The molecule has 7 nitrogen and oxygen atoms in total. The SMILES string of the molecule is CCOC1CCC(=O)N1CC(c1ccc(OC)c(OC)c1)c1ccc(OC)c(OC)c1. The van der Waals surface area contributed by atoms with Crippen LogP contribution in [-0.2, 0) is 9.53 Å². The molecule has 0 aromatic heterocycles. The number of carbonyl (C=O) groups is 1. The summed E-state index contributed by atoms with van der Waals surface area (Å²) in [5.41, 5.74) is 2.00. The van der Waals surface area contributed by atoms with Gasteiger partial charge < -0.3 is 28.6 Å². The molecule has 1 amide bonds. The molecular formula is C24H31NO6.